The summed E-state index contributed by atoms with van der Waals surface area (Å²) in [6.07, 6.45) is 0.829. The van der Waals surface area contributed by atoms with E-state index in [1.165, 1.54) is 5.01 Å². The Kier molecular flexibility index (Phi) is 7.47. The lowest BCUT2D eigenvalue weighted by Gasteiger charge is -2.32. The third-order valence-corrected chi connectivity index (χ3v) is 1.70. The van der Waals surface area contributed by atoms with Crippen LogP contribution in [0.25, 0.3) is 0 Å². The van der Waals surface area contributed by atoms with Crippen LogP contribution in [0.5, 0.6) is 0 Å². The molecular weight excluding hydrogens is 172 g/mol. The highest BCUT2D eigenvalue weighted by Crippen LogP contribution is 1.97. The molecular formula is C7H17N4O2-. The van der Waals surface area contributed by atoms with Gasteiger partial charge in [0.2, 0.25) is 0 Å². The van der Waals surface area contributed by atoms with Crippen molar-refractivity contribution in [3.8, 4) is 0 Å². The van der Waals surface area contributed by atoms with E-state index in [2.05, 4.69) is 10.6 Å². The van der Waals surface area contributed by atoms with Crippen molar-refractivity contribution in [3.05, 3.63) is 10.1 Å². The van der Waals surface area contributed by atoms with Crippen LogP contribution in [0.1, 0.15) is 20.3 Å². The summed E-state index contributed by atoms with van der Waals surface area (Å²) in [6.45, 7) is 6.65. The minimum atomic E-state index is 0.103. The molecule has 0 amide bonds. The van der Waals surface area contributed by atoms with Crippen molar-refractivity contribution >= 4 is 0 Å². The minimum absolute atomic E-state index is 0.103. The Hall–Kier alpha value is -0.720. The quantitative estimate of drug-likeness (QED) is 0.346. The van der Waals surface area contributed by atoms with Gasteiger partial charge in [-0.1, -0.05) is 13.8 Å². The van der Waals surface area contributed by atoms with Crippen LogP contribution in [-0.4, -0.2) is 36.5 Å². The molecule has 6 nitrogen and oxygen atoms in total. The Labute approximate surface area is 78.4 Å². The molecule has 1 N–H and O–H groups in total. The van der Waals surface area contributed by atoms with E-state index in [9.17, 15) is 10.1 Å². The molecule has 0 bridgehead atoms. The second kappa shape index (κ2) is 7.90. The molecule has 0 atom stereocenters. The average Bonchev–Trinajstić information content (AvgIpc) is 2.17. The van der Waals surface area contributed by atoms with E-state index < -0.39 is 0 Å². The van der Waals surface area contributed by atoms with Crippen molar-refractivity contribution in [3.63, 3.8) is 0 Å². The van der Waals surface area contributed by atoms with Crippen molar-refractivity contribution in [1.82, 2.24) is 15.6 Å². The second-order valence-corrected chi connectivity index (χ2v) is 2.59. The Morgan fingerprint density at radius 1 is 1.46 bits per heavy atom. The molecule has 13 heavy (non-hydrogen) atoms. The maximum absolute atomic E-state index is 10.7. The van der Waals surface area contributed by atoms with Gasteiger partial charge in [0.25, 0.3) is 0 Å². The van der Waals surface area contributed by atoms with Crippen LogP contribution < -0.4 is 5.32 Å². The summed E-state index contributed by atoms with van der Waals surface area (Å²) in [6, 6.07) is 0. The van der Waals surface area contributed by atoms with Gasteiger partial charge in [-0.2, -0.15) is 0 Å². The molecule has 0 aromatic carbocycles. The Morgan fingerprint density at radius 3 is 2.62 bits per heavy atom. The summed E-state index contributed by atoms with van der Waals surface area (Å²) in [7, 11) is 0. The van der Waals surface area contributed by atoms with Crippen molar-refractivity contribution in [2.45, 2.75) is 20.3 Å². The number of rotatable bonds is 8. The molecule has 0 aromatic rings. The summed E-state index contributed by atoms with van der Waals surface area (Å²) < 4.78 is 0. The van der Waals surface area contributed by atoms with E-state index in [0.717, 1.165) is 19.5 Å². The number of nitrogens with zero attached hydrogens (tertiary/aromatic N) is 3. The summed E-state index contributed by atoms with van der Waals surface area (Å²) in [5, 5.41) is 17.6. The standard InChI is InChI=1S/C7H17N4O2/c1-3-8-6-5-7-10(4-2)11(13)9-12/h8H,3-7H2,1-2H3/q-1. The first-order valence-corrected chi connectivity index (χ1v) is 4.52. The monoisotopic (exact) mass is 189 g/mol. The lowest BCUT2D eigenvalue weighted by atomic mass is 10.4. The van der Waals surface area contributed by atoms with E-state index in [-0.39, 0.29) is 5.28 Å². The molecule has 0 fully saturated rings. The van der Waals surface area contributed by atoms with Gasteiger partial charge in [-0.15, -0.1) is 4.91 Å². The molecule has 0 aliphatic rings. The molecule has 0 aromatic heterocycles. The van der Waals surface area contributed by atoms with Crippen LogP contribution in [0.4, 0.5) is 0 Å². The van der Waals surface area contributed by atoms with Gasteiger partial charge >= 0.3 is 0 Å². The number of hydrazine groups is 1. The van der Waals surface area contributed by atoms with Crippen LogP contribution in [0.3, 0.4) is 0 Å². The lowest BCUT2D eigenvalue weighted by molar-refractivity contribution is 0.0268. The van der Waals surface area contributed by atoms with Gasteiger partial charge in [-0.3, -0.25) is 5.28 Å². The molecule has 6 heteroatoms. The van der Waals surface area contributed by atoms with E-state index in [1.54, 1.807) is 0 Å². The largest absolute Gasteiger partial charge is 0.724 e. The van der Waals surface area contributed by atoms with Crippen molar-refractivity contribution in [2.75, 3.05) is 26.2 Å². The molecule has 0 radical (unpaired) electrons. The molecule has 0 aliphatic carbocycles. The normalized spacial score (nSPS) is 10.5. The molecule has 0 spiro atoms. The number of nitrogens with one attached hydrogen (secondary N) is 1. The fourth-order valence-electron chi connectivity index (χ4n) is 0.980. The van der Waals surface area contributed by atoms with Gasteiger partial charge < -0.3 is 10.5 Å². The predicted octanol–water partition coefficient (Wildman–Crippen LogP) is 0.704. The van der Waals surface area contributed by atoms with Crippen molar-refractivity contribution in [2.24, 2.45) is 5.29 Å². The molecule has 0 aliphatic heterocycles. The highest BCUT2D eigenvalue weighted by molar-refractivity contribution is 4.54. The van der Waals surface area contributed by atoms with E-state index in [1.807, 2.05) is 13.8 Å². The van der Waals surface area contributed by atoms with E-state index >= 15 is 0 Å². The second-order valence-electron chi connectivity index (χ2n) is 2.59. The van der Waals surface area contributed by atoms with Crippen LogP contribution in [0.2, 0.25) is 0 Å². The first-order chi connectivity index (χ1) is 6.26. The van der Waals surface area contributed by atoms with Gasteiger partial charge in [0, 0.05) is 13.1 Å². The number of hydrogen-bond acceptors (Lipinski definition) is 5. The van der Waals surface area contributed by atoms with Gasteiger partial charge in [-0.25, -0.2) is 5.01 Å². The Balaban J connectivity index is 3.53. The lowest BCUT2D eigenvalue weighted by Crippen LogP contribution is -2.36. The zero-order valence-corrected chi connectivity index (χ0v) is 8.19. The Morgan fingerprint density at radius 2 is 2.15 bits per heavy atom. The maximum Gasteiger partial charge on any atom is 0.0579 e. The van der Waals surface area contributed by atoms with Crippen LogP contribution >= 0.6 is 0 Å². The van der Waals surface area contributed by atoms with Crippen LogP contribution in [-0.2, 0) is 0 Å². The zero-order chi connectivity index (χ0) is 10.1. The van der Waals surface area contributed by atoms with E-state index in [0.29, 0.717) is 13.1 Å². The summed E-state index contributed by atoms with van der Waals surface area (Å²) in [4.78, 5) is 9.90. The third kappa shape index (κ3) is 5.51. The molecule has 78 valence electrons. The predicted molar refractivity (Wildman–Crippen MR) is 51.4 cm³/mol. The topological polar surface area (TPSA) is 71.0 Å². The third-order valence-electron chi connectivity index (χ3n) is 1.70. The highest BCUT2D eigenvalue weighted by Gasteiger charge is 2.02. The average molecular weight is 189 g/mol. The summed E-state index contributed by atoms with van der Waals surface area (Å²) in [5.41, 5.74) is 0. The fraction of sp³-hybridized carbons (Fsp3) is 1.00. The molecule has 0 saturated heterocycles. The maximum atomic E-state index is 10.7. The van der Waals surface area contributed by atoms with Gasteiger partial charge in [0.1, 0.15) is 0 Å². The number of hydrogen-bond donors (Lipinski definition) is 1. The van der Waals surface area contributed by atoms with E-state index in [4.69, 9.17) is 0 Å². The fourth-order valence-corrected chi connectivity index (χ4v) is 0.980. The SMILES string of the molecule is CCNCCCN(CC)N([O-])N=O. The van der Waals surface area contributed by atoms with Gasteiger partial charge in [0.15, 0.2) is 0 Å². The van der Waals surface area contributed by atoms with Gasteiger partial charge in [-0.05, 0) is 19.5 Å². The minimum Gasteiger partial charge on any atom is -0.724 e. The molecule has 0 unspecified atom stereocenters. The molecule has 0 saturated carbocycles. The van der Waals surface area contributed by atoms with Crippen LogP contribution in [0.15, 0.2) is 5.29 Å². The highest BCUT2D eigenvalue weighted by atomic mass is 16.6. The van der Waals surface area contributed by atoms with Gasteiger partial charge in [0.05, 0.1) is 5.29 Å². The van der Waals surface area contributed by atoms with Crippen molar-refractivity contribution < 1.29 is 0 Å². The van der Waals surface area contributed by atoms with Crippen LogP contribution in [0, 0.1) is 10.1 Å². The number of nitroso groups, excluding NO2 is 1. The van der Waals surface area contributed by atoms with Crippen molar-refractivity contribution in [1.29, 1.82) is 0 Å². The zero-order valence-electron chi connectivity index (χ0n) is 8.19. The Bertz CT molecular complexity index is 134. The first-order valence-electron chi connectivity index (χ1n) is 4.52. The molecule has 0 heterocycles. The first kappa shape index (κ1) is 12.3. The molecule has 0 rings (SSSR count). The summed E-state index contributed by atoms with van der Waals surface area (Å²) >= 11 is 0. The summed E-state index contributed by atoms with van der Waals surface area (Å²) in [5.74, 6) is 0. The smallest absolute Gasteiger partial charge is 0.0579 e.